The molecule has 0 saturated heterocycles. The van der Waals surface area contributed by atoms with E-state index in [1.165, 1.54) is 0 Å². The van der Waals surface area contributed by atoms with Gasteiger partial charge in [-0.15, -0.1) is 0 Å². The van der Waals surface area contributed by atoms with Crippen molar-refractivity contribution in [3.8, 4) is 0 Å². The van der Waals surface area contributed by atoms with E-state index in [0.717, 1.165) is 0 Å². The molecule has 0 spiro atoms. The summed E-state index contributed by atoms with van der Waals surface area (Å²) in [6.07, 6.45) is -7.20. The standard InChI is InChI=1S/4CH2O4.Al.Li.H2O/c4*2-1(3)5-4;;;/h4*4H,(H,2,3);;;1H2/q;;;;+3;+1;/p-4. The topological polar surface area (TPSA) is 310 Å². The second-order valence-electron chi connectivity index (χ2n) is 1.40. The first-order valence-corrected chi connectivity index (χ1v) is 3.19. The summed E-state index contributed by atoms with van der Waals surface area (Å²) in [5, 5.41) is 62.9. The first kappa shape index (κ1) is 42.9. The first-order chi connectivity index (χ1) is 9.08. The van der Waals surface area contributed by atoms with Crippen LogP contribution >= 0.6 is 0 Å². The molecule has 0 atom stereocenters. The molecular weight excluding hydrogens is 354 g/mol. The number of hydrogen-bond donors (Lipinski definition) is 4. The van der Waals surface area contributed by atoms with E-state index in [2.05, 4.69) is 19.6 Å². The Bertz CT molecular complexity index is 224. The maximum Gasteiger partial charge on any atom is 3.00 e. The van der Waals surface area contributed by atoms with Crippen molar-refractivity contribution in [2.45, 2.75) is 0 Å². The molecule has 0 bridgehead atoms. The molecule has 0 heterocycles. The van der Waals surface area contributed by atoms with E-state index in [1.54, 1.807) is 0 Å². The predicted molar refractivity (Wildman–Crippen MR) is 45.8 cm³/mol. The Morgan fingerprint density at radius 2 is 0.609 bits per heavy atom. The zero-order valence-corrected chi connectivity index (χ0v) is 11.9. The smallest absolute Gasteiger partial charge is 0.659 e. The van der Waals surface area contributed by atoms with Crippen LogP contribution in [0.5, 0.6) is 0 Å². The molecule has 19 heteroatoms. The van der Waals surface area contributed by atoms with Gasteiger partial charge < -0.3 is 66.5 Å². The Labute approximate surface area is 147 Å². The van der Waals surface area contributed by atoms with Crippen LogP contribution in [0, 0.1) is 0 Å². The van der Waals surface area contributed by atoms with Gasteiger partial charge in [0.1, 0.15) is 0 Å². The summed E-state index contributed by atoms with van der Waals surface area (Å²) in [6.45, 7) is 0. The van der Waals surface area contributed by atoms with Gasteiger partial charge in [-0.05, 0) is 0 Å². The molecule has 0 aliphatic heterocycles. The normalized spacial score (nSPS) is 5.74. The van der Waals surface area contributed by atoms with E-state index in [4.69, 9.17) is 60.6 Å². The number of carbonyl (C=O) groups is 4. The van der Waals surface area contributed by atoms with Crippen LogP contribution in [0.2, 0.25) is 0 Å². The van der Waals surface area contributed by atoms with Gasteiger partial charge in [0, 0.05) is 0 Å². The van der Waals surface area contributed by atoms with E-state index in [9.17, 15) is 0 Å². The van der Waals surface area contributed by atoms with Gasteiger partial charge in [-0.25, -0.2) is 19.2 Å². The van der Waals surface area contributed by atoms with E-state index in [0.29, 0.717) is 0 Å². The van der Waals surface area contributed by atoms with Crippen molar-refractivity contribution in [3.63, 3.8) is 0 Å². The van der Waals surface area contributed by atoms with Gasteiger partial charge in [0.25, 0.3) is 0 Å². The van der Waals surface area contributed by atoms with Gasteiger partial charge in [0.05, 0.1) is 0 Å². The third kappa shape index (κ3) is 180. The van der Waals surface area contributed by atoms with Gasteiger partial charge >= 0.3 is 60.8 Å². The molecule has 0 rings (SSSR count). The maximum atomic E-state index is 8.83. The summed E-state index contributed by atoms with van der Waals surface area (Å²) in [5.74, 6) is 0. The van der Waals surface area contributed by atoms with Crippen LogP contribution in [0.15, 0.2) is 0 Å². The van der Waals surface area contributed by atoms with Crippen LogP contribution in [0.4, 0.5) is 19.2 Å². The summed E-state index contributed by atoms with van der Waals surface area (Å²) in [5.41, 5.74) is 0. The van der Waals surface area contributed by atoms with Crippen molar-refractivity contribution in [3.05, 3.63) is 0 Å². The summed E-state index contributed by atoms with van der Waals surface area (Å²) >= 11 is 0. The van der Waals surface area contributed by atoms with Crippen LogP contribution in [0.25, 0.3) is 0 Å². The summed E-state index contributed by atoms with van der Waals surface area (Å²) in [4.78, 5) is 45.0. The Morgan fingerprint density at radius 1 is 0.565 bits per heavy atom. The zero-order chi connectivity index (χ0) is 17.1. The summed E-state index contributed by atoms with van der Waals surface area (Å²) in [6, 6.07) is 0. The molecule has 0 aliphatic rings. The average molecular weight is 360 g/mol. The summed E-state index contributed by atoms with van der Waals surface area (Å²) in [7, 11) is 0. The van der Waals surface area contributed by atoms with Gasteiger partial charge in [0.15, 0.2) is 0 Å². The van der Waals surface area contributed by atoms with Crippen molar-refractivity contribution in [2.24, 2.45) is 0 Å². The van der Waals surface area contributed by atoms with Gasteiger partial charge in [-0.3, -0.25) is 0 Å². The number of carboxylic acid groups (broad SMARTS) is 4. The Hall–Kier alpha value is -1.99. The average Bonchev–Trinajstić information content (AvgIpc) is 2.40. The predicted octanol–water partition coefficient (Wildman–Crippen LogP) is -8.38. The second kappa shape index (κ2) is 36.8. The molecule has 6 N–H and O–H groups in total. The van der Waals surface area contributed by atoms with E-state index in [-0.39, 0.29) is 41.7 Å². The quantitative estimate of drug-likeness (QED) is 0.177. The molecule has 0 aromatic carbocycles. The molecule has 23 heavy (non-hydrogen) atoms. The fraction of sp³-hybridized carbons (Fsp3) is 0. The molecule has 0 unspecified atom stereocenters. The SMILES string of the molecule is O.O=C(O)O[O-].O=C(O)O[O-].O=C(O)O[O-].O=C(O)O[O-].[Al+3].[Li+]. The summed E-state index contributed by atoms with van der Waals surface area (Å²) < 4.78 is 0. The number of hydrogen-bond acceptors (Lipinski definition) is 12. The molecular formula is C4H6AlLiO17. The monoisotopic (exact) mass is 360 g/mol. The van der Waals surface area contributed by atoms with E-state index >= 15 is 0 Å². The number of rotatable bonds is 0. The largest absolute Gasteiger partial charge is 3.00 e. The maximum absolute atomic E-state index is 8.83. The van der Waals surface area contributed by atoms with Crippen LogP contribution in [0.1, 0.15) is 0 Å². The van der Waals surface area contributed by atoms with Gasteiger partial charge in [-0.2, -0.15) is 0 Å². The molecule has 0 aromatic heterocycles. The van der Waals surface area contributed by atoms with Crippen LogP contribution < -0.4 is 39.9 Å². The molecule has 0 aliphatic carbocycles. The Balaban J connectivity index is -0.0000000284. The fourth-order valence-corrected chi connectivity index (χ4v) is 0. The minimum absolute atomic E-state index is 0. The molecule has 128 valence electrons. The molecule has 0 aromatic rings. The van der Waals surface area contributed by atoms with Gasteiger partial charge in [-0.1, -0.05) is 0 Å². The van der Waals surface area contributed by atoms with Crippen molar-refractivity contribution in [2.75, 3.05) is 0 Å². The minimum atomic E-state index is -1.80. The van der Waals surface area contributed by atoms with E-state index < -0.39 is 24.6 Å². The van der Waals surface area contributed by atoms with Gasteiger partial charge in [0.2, 0.25) is 0 Å². The fourth-order valence-electron chi connectivity index (χ4n) is 0. The molecule has 0 fully saturated rings. The van der Waals surface area contributed by atoms with Crippen molar-refractivity contribution < 1.29 is 105 Å². The van der Waals surface area contributed by atoms with Crippen molar-refractivity contribution in [1.82, 2.24) is 0 Å². The molecule has 17 nitrogen and oxygen atoms in total. The zero-order valence-electron chi connectivity index (χ0n) is 10.8. The molecule has 0 saturated carbocycles. The molecule has 0 amide bonds. The first-order valence-electron chi connectivity index (χ1n) is 3.19. The Morgan fingerprint density at radius 3 is 0.609 bits per heavy atom. The van der Waals surface area contributed by atoms with E-state index in [1.807, 2.05) is 0 Å². The Kier molecular flexibility index (Phi) is 68.7. The van der Waals surface area contributed by atoms with Crippen LogP contribution in [-0.2, 0) is 19.6 Å². The minimum Gasteiger partial charge on any atom is -0.659 e. The molecule has 0 radical (unpaired) electrons. The van der Waals surface area contributed by atoms with Crippen LogP contribution in [-0.4, -0.2) is 67.9 Å². The van der Waals surface area contributed by atoms with Crippen molar-refractivity contribution in [1.29, 1.82) is 0 Å². The second-order valence-corrected chi connectivity index (χ2v) is 1.40. The van der Waals surface area contributed by atoms with Crippen molar-refractivity contribution >= 4 is 42.0 Å². The van der Waals surface area contributed by atoms with Crippen LogP contribution in [0.3, 0.4) is 0 Å². The third-order valence-electron chi connectivity index (χ3n) is 0.285. The third-order valence-corrected chi connectivity index (χ3v) is 0.285.